The monoisotopic (exact) mass is 280 g/mol. The molecule has 104 valence electrons. The molecule has 0 aromatic carbocycles. The number of hydrogen-bond donors (Lipinski definition) is 0. The van der Waals surface area contributed by atoms with Crippen LogP contribution in [0.25, 0.3) is 5.65 Å². The van der Waals surface area contributed by atoms with Gasteiger partial charge in [0.15, 0.2) is 5.65 Å². The molecule has 0 aliphatic heterocycles. The van der Waals surface area contributed by atoms with Crippen molar-refractivity contribution in [2.24, 2.45) is 0 Å². The predicted molar refractivity (Wildman–Crippen MR) is 80.2 cm³/mol. The highest BCUT2D eigenvalue weighted by Crippen LogP contribution is 2.22. The molecule has 0 saturated heterocycles. The van der Waals surface area contributed by atoms with Gasteiger partial charge in [0, 0.05) is 18.5 Å². The van der Waals surface area contributed by atoms with E-state index in [2.05, 4.69) is 41.8 Å². The summed E-state index contributed by atoms with van der Waals surface area (Å²) in [6, 6.07) is 4.68. The normalized spacial score (nSPS) is 11.4. The summed E-state index contributed by atoms with van der Waals surface area (Å²) in [6.07, 6.45) is 3.79. The number of halogens is 1. The Morgan fingerprint density at radius 3 is 2.68 bits per heavy atom. The molecule has 0 N–H and O–H groups in total. The van der Waals surface area contributed by atoms with Crippen LogP contribution in [0, 0.1) is 6.92 Å². The molecule has 0 fully saturated rings. The Labute approximate surface area is 119 Å². The highest BCUT2D eigenvalue weighted by atomic mass is 35.5. The lowest BCUT2D eigenvalue weighted by Gasteiger charge is -2.32. The van der Waals surface area contributed by atoms with Crippen LogP contribution in [0.15, 0.2) is 18.5 Å². The van der Waals surface area contributed by atoms with Gasteiger partial charge in [-0.3, -0.25) is 0 Å². The Bertz CT molecular complexity index is 533. The maximum absolute atomic E-state index is 5.98. The number of pyridine rings is 1. The average Bonchev–Trinajstić information content (AvgIpc) is 2.86. The van der Waals surface area contributed by atoms with Gasteiger partial charge in [-0.15, -0.1) is 11.6 Å². The maximum atomic E-state index is 5.98. The van der Waals surface area contributed by atoms with Crippen molar-refractivity contribution in [3.05, 3.63) is 24.0 Å². The standard InChI is InChI=1S/C14H21ClN4/c1-4-12(5-2)18(7-6-15)14-9-11(3)8-13-16-10-17-19(13)14/h8-10,12H,4-7H2,1-3H3. The van der Waals surface area contributed by atoms with Gasteiger partial charge in [-0.1, -0.05) is 13.8 Å². The molecule has 2 aromatic heterocycles. The van der Waals surface area contributed by atoms with Crippen LogP contribution < -0.4 is 4.90 Å². The smallest absolute Gasteiger partial charge is 0.157 e. The first-order chi connectivity index (χ1) is 9.21. The number of nitrogens with zero attached hydrogens (tertiary/aromatic N) is 4. The first-order valence-electron chi connectivity index (χ1n) is 6.84. The van der Waals surface area contributed by atoms with Crippen molar-refractivity contribution < 1.29 is 0 Å². The molecule has 2 rings (SSSR count). The van der Waals surface area contributed by atoms with Crippen molar-refractivity contribution in [3.63, 3.8) is 0 Å². The molecule has 0 radical (unpaired) electrons. The maximum Gasteiger partial charge on any atom is 0.157 e. The van der Waals surface area contributed by atoms with Gasteiger partial charge in [0.25, 0.3) is 0 Å². The van der Waals surface area contributed by atoms with Gasteiger partial charge < -0.3 is 4.90 Å². The summed E-state index contributed by atoms with van der Waals surface area (Å²) >= 11 is 5.98. The van der Waals surface area contributed by atoms with Crippen LogP contribution in [0.5, 0.6) is 0 Å². The molecule has 0 unspecified atom stereocenters. The lowest BCUT2D eigenvalue weighted by Crippen LogP contribution is -2.37. The predicted octanol–water partition coefficient (Wildman–Crippen LogP) is 3.27. The third-order valence-electron chi connectivity index (χ3n) is 3.51. The number of alkyl halides is 1. The number of fused-ring (bicyclic) bond motifs is 1. The Balaban J connectivity index is 2.51. The van der Waals surface area contributed by atoms with Crippen molar-refractivity contribution in [2.45, 2.75) is 39.7 Å². The zero-order valence-corrected chi connectivity index (χ0v) is 12.6. The number of anilines is 1. The fourth-order valence-corrected chi connectivity index (χ4v) is 2.73. The van der Waals surface area contributed by atoms with E-state index in [0.29, 0.717) is 11.9 Å². The van der Waals surface area contributed by atoms with E-state index in [0.717, 1.165) is 30.9 Å². The largest absolute Gasteiger partial charge is 0.352 e. The first-order valence-corrected chi connectivity index (χ1v) is 7.37. The van der Waals surface area contributed by atoms with Gasteiger partial charge >= 0.3 is 0 Å². The van der Waals surface area contributed by atoms with E-state index in [1.54, 1.807) is 6.33 Å². The molecule has 0 spiro atoms. The van der Waals surface area contributed by atoms with Gasteiger partial charge in [-0.2, -0.15) is 9.61 Å². The van der Waals surface area contributed by atoms with Crippen LogP contribution >= 0.6 is 11.6 Å². The van der Waals surface area contributed by atoms with E-state index >= 15 is 0 Å². The zero-order valence-electron chi connectivity index (χ0n) is 11.8. The van der Waals surface area contributed by atoms with Crippen LogP contribution in [0.1, 0.15) is 32.3 Å². The Morgan fingerprint density at radius 1 is 1.32 bits per heavy atom. The van der Waals surface area contributed by atoms with Gasteiger partial charge in [0.1, 0.15) is 12.1 Å². The van der Waals surface area contributed by atoms with E-state index in [4.69, 9.17) is 11.6 Å². The third kappa shape index (κ3) is 2.84. The van der Waals surface area contributed by atoms with Crippen molar-refractivity contribution in [1.82, 2.24) is 14.6 Å². The SMILES string of the molecule is CCC(CC)N(CCCl)c1cc(C)cc2ncnn12. The van der Waals surface area contributed by atoms with Crippen molar-refractivity contribution in [2.75, 3.05) is 17.3 Å². The van der Waals surface area contributed by atoms with Gasteiger partial charge in [0.2, 0.25) is 0 Å². The highest BCUT2D eigenvalue weighted by molar-refractivity contribution is 6.18. The summed E-state index contributed by atoms with van der Waals surface area (Å²) in [5.74, 6) is 1.70. The minimum atomic E-state index is 0.480. The second kappa shape index (κ2) is 6.24. The summed E-state index contributed by atoms with van der Waals surface area (Å²) in [7, 11) is 0. The van der Waals surface area contributed by atoms with E-state index in [1.807, 2.05) is 10.6 Å². The van der Waals surface area contributed by atoms with Crippen LogP contribution in [-0.2, 0) is 0 Å². The second-order valence-electron chi connectivity index (χ2n) is 4.77. The third-order valence-corrected chi connectivity index (χ3v) is 3.68. The number of hydrogen-bond acceptors (Lipinski definition) is 3. The first kappa shape index (κ1) is 14.1. The number of aromatic nitrogens is 3. The molecule has 2 aromatic rings. The van der Waals surface area contributed by atoms with Crippen molar-refractivity contribution >= 4 is 23.1 Å². The lowest BCUT2D eigenvalue weighted by molar-refractivity contribution is 0.557. The molecule has 4 nitrogen and oxygen atoms in total. The van der Waals surface area contributed by atoms with Gasteiger partial charge in [0.05, 0.1) is 0 Å². The minimum absolute atomic E-state index is 0.480. The summed E-state index contributed by atoms with van der Waals surface area (Å²) in [5.41, 5.74) is 2.08. The van der Waals surface area contributed by atoms with Crippen LogP contribution in [0.2, 0.25) is 0 Å². The van der Waals surface area contributed by atoms with E-state index < -0.39 is 0 Å². The number of aryl methyl sites for hydroxylation is 1. The molecule has 0 atom stereocenters. The molecule has 0 amide bonds. The highest BCUT2D eigenvalue weighted by Gasteiger charge is 2.18. The molecule has 2 heterocycles. The van der Waals surface area contributed by atoms with Crippen LogP contribution in [0.4, 0.5) is 5.82 Å². The van der Waals surface area contributed by atoms with Crippen LogP contribution in [-0.4, -0.2) is 33.1 Å². The molecular weight excluding hydrogens is 260 g/mol. The summed E-state index contributed by atoms with van der Waals surface area (Å²) in [4.78, 5) is 6.63. The van der Waals surface area contributed by atoms with Gasteiger partial charge in [-0.05, 0) is 37.5 Å². The Morgan fingerprint density at radius 2 is 2.05 bits per heavy atom. The van der Waals surface area contributed by atoms with E-state index in [9.17, 15) is 0 Å². The Kier molecular flexibility index (Phi) is 4.64. The molecule has 5 heteroatoms. The van der Waals surface area contributed by atoms with Crippen molar-refractivity contribution in [1.29, 1.82) is 0 Å². The molecule has 0 saturated carbocycles. The zero-order chi connectivity index (χ0) is 13.8. The van der Waals surface area contributed by atoms with Crippen LogP contribution in [0.3, 0.4) is 0 Å². The molecule has 0 aliphatic rings. The second-order valence-corrected chi connectivity index (χ2v) is 5.15. The molecule has 19 heavy (non-hydrogen) atoms. The summed E-state index contributed by atoms with van der Waals surface area (Å²) in [6.45, 7) is 7.34. The van der Waals surface area contributed by atoms with E-state index in [1.165, 1.54) is 5.56 Å². The summed E-state index contributed by atoms with van der Waals surface area (Å²) < 4.78 is 1.90. The minimum Gasteiger partial charge on any atom is -0.352 e. The quantitative estimate of drug-likeness (QED) is 0.762. The van der Waals surface area contributed by atoms with E-state index in [-0.39, 0.29) is 0 Å². The molecular formula is C14H21ClN4. The Hall–Kier alpha value is -1.29. The van der Waals surface area contributed by atoms with Gasteiger partial charge in [-0.25, -0.2) is 4.98 Å². The fourth-order valence-electron chi connectivity index (χ4n) is 2.54. The molecule has 0 bridgehead atoms. The molecule has 0 aliphatic carbocycles. The number of rotatable bonds is 6. The lowest BCUT2D eigenvalue weighted by atomic mass is 10.1. The fraction of sp³-hybridized carbons (Fsp3) is 0.571. The van der Waals surface area contributed by atoms with Crippen molar-refractivity contribution in [3.8, 4) is 0 Å². The average molecular weight is 281 g/mol. The topological polar surface area (TPSA) is 33.4 Å². The summed E-state index contributed by atoms with van der Waals surface area (Å²) in [5, 5.41) is 4.33.